The van der Waals surface area contributed by atoms with E-state index >= 15 is 0 Å². The number of nitrogens with one attached hydrogen (secondary N) is 1. The first-order chi connectivity index (χ1) is 7.24. The minimum absolute atomic E-state index is 0.411. The lowest BCUT2D eigenvalue weighted by Gasteiger charge is -2.20. The van der Waals surface area contributed by atoms with Gasteiger partial charge in [0.25, 0.3) is 0 Å². The molecule has 3 N–H and O–H groups in total. The molecule has 1 heterocycles. The van der Waals surface area contributed by atoms with Crippen LogP contribution in [0.1, 0.15) is 19.5 Å². The molecule has 1 atom stereocenters. The molecule has 0 saturated heterocycles. The zero-order valence-electron chi connectivity index (χ0n) is 9.61. The van der Waals surface area contributed by atoms with Crippen LogP contribution in [-0.4, -0.2) is 24.1 Å². The number of aromatic nitrogens is 1. The van der Waals surface area contributed by atoms with E-state index in [0.29, 0.717) is 18.5 Å². The van der Waals surface area contributed by atoms with Crippen molar-refractivity contribution in [3.63, 3.8) is 0 Å². The predicted octanol–water partition coefficient (Wildman–Crippen LogP) is 1.20. The predicted molar refractivity (Wildman–Crippen MR) is 63.6 cm³/mol. The van der Waals surface area contributed by atoms with Crippen molar-refractivity contribution in [2.24, 2.45) is 11.7 Å². The fourth-order valence-corrected chi connectivity index (χ4v) is 1.52. The van der Waals surface area contributed by atoms with Crippen LogP contribution in [0.2, 0.25) is 0 Å². The number of rotatable bonds is 6. The molecule has 0 bridgehead atoms. The molecule has 3 heteroatoms. The van der Waals surface area contributed by atoms with Crippen molar-refractivity contribution >= 4 is 0 Å². The maximum Gasteiger partial charge on any atom is 0.0416 e. The van der Waals surface area contributed by atoms with Crippen LogP contribution in [0.3, 0.4) is 0 Å². The van der Waals surface area contributed by atoms with Crippen molar-refractivity contribution in [3.05, 3.63) is 30.1 Å². The van der Waals surface area contributed by atoms with Gasteiger partial charge in [-0.2, -0.15) is 0 Å². The van der Waals surface area contributed by atoms with Crippen LogP contribution in [0.4, 0.5) is 0 Å². The Kier molecular flexibility index (Phi) is 5.29. The smallest absolute Gasteiger partial charge is 0.0416 e. The Morgan fingerprint density at radius 3 is 2.73 bits per heavy atom. The van der Waals surface area contributed by atoms with E-state index < -0.39 is 0 Å². The molecule has 0 fully saturated rings. The molecule has 0 aliphatic heterocycles. The Morgan fingerprint density at radius 2 is 2.20 bits per heavy atom. The van der Waals surface area contributed by atoms with Crippen LogP contribution >= 0.6 is 0 Å². The lowest BCUT2D eigenvalue weighted by Crippen LogP contribution is -2.41. The molecule has 0 aliphatic rings. The third-order valence-corrected chi connectivity index (χ3v) is 2.57. The fraction of sp³-hybridized carbons (Fsp3) is 0.583. The van der Waals surface area contributed by atoms with Gasteiger partial charge < -0.3 is 11.1 Å². The normalized spacial score (nSPS) is 13.1. The molecule has 15 heavy (non-hydrogen) atoms. The quantitative estimate of drug-likeness (QED) is 0.737. The summed E-state index contributed by atoms with van der Waals surface area (Å²) in [7, 11) is 0. The summed E-state index contributed by atoms with van der Waals surface area (Å²) in [4.78, 5) is 4.28. The Bertz CT molecular complexity index is 259. The molecule has 0 radical (unpaired) electrons. The first-order valence-corrected chi connectivity index (χ1v) is 5.57. The second kappa shape index (κ2) is 6.53. The molecule has 0 aromatic carbocycles. The van der Waals surface area contributed by atoms with Gasteiger partial charge in [0, 0.05) is 37.4 Å². The summed E-state index contributed by atoms with van der Waals surface area (Å²) >= 11 is 0. The van der Waals surface area contributed by atoms with Gasteiger partial charge in [0.05, 0.1) is 0 Å². The Morgan fingerprint density at radius 1 is 1.40 bits per heavy atom. The largest absolute Gasteiger partial charge is 0.329 e. The zero-order valence-corrected chi connectivity index (χ0v) is 9.61. The molecule has 0 aliphatic carbocycles. The SMILES string of the molecule is CC(C)C(CN)NCCc1ccccn1. The van der Waals surface area contributed by atoms with E-state index in [1.54, 1.807) is 0 Å². The summed E-state index contributed by atoms with van der Waals surface area (Å²) in [6, 6.07) is 6.42. The third kappa shape index (κ3) is 4.40. The first kappa shape index (κ1) is 12.1. The summed E-state index contributed by atoms with van der Waals surface area (Å²) < 4.78 is 0. The Hall–Kier alpha value is -0.930. The van der Waals surface area contributed by atoms with Gasteiger partial charge in [0.15, 0.2) is 0 Å². The highest BCUT2D eigenvalue weighted by Crippen LogP contribution is 2.00. The van der Waals surface area contributed by atoms with E-state index in [1.165, 1.54) is 0 Å². The van der Waals surface area contributed by atoms with Gasteiger partial charge in [0.1, 0.15) is 0 Å². The number of hydrogen-bond acceptors (Lipinski definition) is 3. The monoisotopic (exact) mass is 207 g/mol. The van der Waals surface area contributed by atoms with Crippen molar-refractivity contribution in [1.29, 1.82) is 0 Å². The summed E-state index contributed by atoms with van der Waals surface area (Å²) in [5.41, 5.74) is 6.80. The number of hydrogen-bond donors (Lipinski definition) is 2. The van der Waals surface area contributed by atoms with E-state index in [1.807, 2.05) is 18.3 Å². The number of nitrogens with zero attached hydrogens (tertiary/aromatic N) is 1. The fourth-order valence-electron chi connectivity index (χ4n) is 1.52. The molecule has 0 spiro atoms. The van der Waals surface area contributed by atoms with E-state index in [2.05, 4.69) is 30.2 Å². The molecule has 0 amide bonds. The van der Waals surface area contributed by atoms with Crippen LogP contribution < -0.4 is 11.1 Å². The van der Waals surface area contributed by atoms with E-state index in [4.69, 9.17) is 5.73 Å². The van der Waals surface area contributed by atoms with Gasteiger partial charge in [-0.05, 0) is 18.1 Å². The number of pyridine rings is 1. The van der Waals surface area contributed by atoms with Crippen LogP contribution in [-0.2, 0) is 6.42 Å². The molecule has 1 unspecified atom stereocenters. The van der Waals surface area contributed by atoms with Crippen LogP contribution in [0.5, 0.6) is 0 Å². The van der Waals surface area contributed by atoms with Crippen LogP contribution in [0, 0.1) is 5.92 Å². The van der Waals surface area contributed by atoms with Crippen LogP contribution in [0.15, 0.2) is 24.4 Å². The first-order valence-electron chi connectivity index (χ1n) is 5.57. The minimum atomic E-state index is 0.411. The zero-order chi connectivity index (χ0) is 11.1. The average molecular weight is 207 g/mol. The van der Waals surface area contributed by atoms with E-state index in [-0.39, 0.29) is 0 Å². The molecular formula is C12H21N3. The minimum Gasteiger partial charge on any atom is -0.329 e. The number of nitrogens with two attached hydrogens (primary N) is 1. The van der Waals surface area contributed by atoms with Gasteiger partial charge >= 0.3 is 0 Å². The van der Waals surface area contributed by atoms with Gasteiger partial charge in [-0.15, -0.1) is 0 Å². The van der Waals surface area contributed by atoms with Crippen molar-refractivity contribution in [2.75, 3.05) is 13.1 Å². The molecule has 1 aromatic rings. The highest BCUT2D eigenvalue weighted by molar-refractivity contribution is 5.03. The van der Waals surface area contributed by atoms with Crippen LogP contribution in [0.25, 0.3) is 0 Å². The topological polar surface area (TPSA) is 50.9 Å². The Balaban J connectivity index is 2.27. The summed E-state index contributed by atoms with van der Waals surface area (Å²) in [5.74, 6) is 0.582. The lowest BCUT2D eigenvalue weighted by molar-refractivity contribution is 0.408. The molecule has 84 valence electrons. The van der Waals surface area contributed by atoms with Gasteiger partial charge in [-0.25, -0.2) is 0 Å². The second-order valence-electron chi connectivity index (χ2n) is 4.11. The molecule has 3 nitrogen and oxygen atoms in total. The van der Waals surface area contributed by atoms with Crippen molar-refractivity contribution in [1.82, 2.24) is 10.3 Å². The lowest BCUT2D eigenvalue weighted by atomic mass is 10.0. The van der Waals surface area contributed by atoms with Gasteiger partial charge in [-0.3, -0.25) is 4.98 Å². The molecule has 1 aromatic heterocycles. The molecule has 0 saturated carbocycles. The summed E-state index contributed by atoms with van der Waals surface area (Å²) in [6.45, 7) is 6.01. The van der Waals surface area contributed by atoms with Gasteiger partial charge in [0.2, 0.25) is 0 Å². The highest BCUT2D eigenvalue weighted by Gasteiger charge is 2.09. The molecular weight excluding hydrogens is 186 g/mol. The Labute approximate surface area is 92.1 Å². The van der Waals surface area contributed by atoms with Crippen molar-refractivity contribution < 1.29 is 0 Å². The van der Waals surface area contributed by atoms with Gasteiger partial charge in [-0.1, -0.05) is 19.9 Å². The third-order valence-electron chi connectivity index (χ3n) is 2.57. The summed E-state index contributed by atoms with van der Waals surface area (Å²) in [5, 5.41) is 3.45. The van der Waals surface area contributed by atoms with Crippen molar-refractivity contribution in [2.45, 2.75) is 26.3 Å². The summed E-state index contributed by atoms with van der Waals surface area (Å²) in [6.07, 6.45) is 2.79. The second-order valence-corrected chi connectivity index (χ2v) is 4.11. The maximum absolute atomic E-state index is 5.68. The van der Waals surface area contributed by atoms with Crippen molar-refractivity contribution in [3.8, 4) is 0 Å². The molecule has 1 rings (SSSR count). The standard InChI is InChI=1S/C12H21N3/c1-10(2)12(9-13)15-8-6-11-5-3-4-7-14-11/h3-5,7,10,12,15H,6,8-9,13H2,1-2H3. The maximum atomic E-state index is 5.68. The van der Waals surface area contributed by atoms with E-state index in [9.17, 15) is 0 Å². The highest BCUT2D eigenvalue weighted by atomic mass is 14.9. The average Bonchev–Trinajstić information content (AvgIpc) is 2.25. The van der Waals surface area contributed by atoms with E-state index in [0.717, 1.165) is 18.7 Å².